The van der Waals surface area contributed by atoms with Crippen LogP contribution in [0.25, 0.3) is 22.7 Å². The minimum absolute atomic E-state index is 0.0361. The minimum atomic E-state index is -4.71. The number of carbonyl (C=O) groups excluding carboxylic acids is 1. The van der Waals surface area contributed by atoms with E-state index in [0.29, 0.717) is 22.7 Å². The van der Waals surface area contributed by atoms with Crippen molar-refractivity contribution in [1.82, 2.24) is 25.1 Å². The van der Waals surface area contributed by atoms with Crippen LogP contribution < -0.4 is 10.6 Å². The molecule has 1 amide bonds. The molecule has 5 aromatic rings. The molecule has 1 fully saturated rings. The van der Waals surface area contributed by atoms with Crippen molar-refractivity contribution in [2.45, 2.75) is 31.1 Å². The summed E-state index contributed by atoms with van der Waals surface area (Å²) >= 11 is 0. The van der Waals surface area contributed by atoms with E-state index >= 15 is 0 Å². The molecule has 14 heteroatoms. The number of benzodiazepines with no additional fused rings is 1. The Kier molecular flexibility index (Phi) is 6.60. The number of benzene rings is 2. The molecule has 44 heavy (non-hydrogen) atoms. The fourth-order valence-electron chi connectivity index (χ4n) is 4.75. The van der Waals surface area contributed by atoms with Gasteiger partial charge in [-0.15, -0.1) is 5.10 Å². The first kappa shape index (κ1) is 27.3. The van der Waals surface area contributed by atoms with Gasteiger partial charge < -0.3 is 15.1 Å². The quantitative estimate of drug-likeness (QED) is 0.232. The van der Waals surface area contributed by atoms with Gasteiger partial charge in [-0.05, 0) is 31.0 Å². The number of para-hydroxylation sites is 1. The molecule has 1 saturated carbocycles. The Morgan fingerprint density at radius 3 is 2.39 bits per heavy atom. The third-order valence-corrected chi connectivity index (χ3v) is 7.06. The Hall–Kier alpha value is -5.53. The lowest BCUT2D eigenvalue weighted by Gasteiger charge is -2.12. The fourth-order valence-corrected chi connectivity index (χ4v) is 4.75. The van der Waals surface area contributed by atoms with Crippen molar-refractivity contribution >= 4 is 23.3 Å². The molecule has 0 radical (unpaired) electrons. The number of alkyl halides is 3. The van der Waals surface area contributed by atoms with Gasteiger partial charge in [0.1, 0.15) is 17.3 Å². The molecule has 7 rings (SSSR count). The number of fused-ring (bicyclic) bond motifs is 1. The van der Waals surface area contributed by atoms with Crippen molar-refractivity contribution in [3.05, 3.63) is 102 Å². The zero-order valence-electron chi connectivity index (χ0n) is 22.5. The molecule has 0 unspecified atom stereocenters. The number of pyridine rings is 1. The average molecular weight is 601 g/mol. The Morgan fingerprint density at radius 2 is 1.66 bits per heavy atom. The standard InChI is InChI=1S/C30H20F4N8O2/c31-20-8-4-7-18-22(15-5-2-1-3-6-15)38-26(27(43)39-24(18)20)40-29-42-41-28(44-29)19-11-12-21(30(32,33)34)37-23(19)17-13-35-25(36-14-17)16-9-10-16/h1-8,11-14,16,26H,9-10H2,(H,39,43)(H,40,42)/t26-/m1/s1. The molecule has 1 aliphatic carbocycles. The molecule has 2 aromatic carbocycles. The summed E-state index contributed by atoms with van der Waals surface area (Å²) in [4.78, 5) is 30.2. The lowest BCUT2D eigenvalue weighted by molar-refractivity contribution is -0.141. The minimum Gasteiger partial charge on any atom is -0.403 e. The van der Waals surface area contributed by atoms with Crippen LogP contribution in [0.2, 0.25) is 0 Å². The van der Waals surface area contributed by atoms with Crippen molar-refractivity contribution < 1.29 is 26.8 Å². The largest absolute Gasteiger partial charge is 0.433 e. The van der Waals surface area contributed by atoms with E-state index in [2.05, 4.69) is 40.8 Å². The van der Waals surface area contributed by atoms with E-state index in [1.54, 1.807) is 30.3 Å². The lowest BCUT2D eigenvalue weighted by atomic mass is 10.0. The molecular weight excluding hydrogens is 580 g/mol. The molecule has 1 aliphatic heterocycles. The highest BCUT2D eigenvalue weighted by Crippen LogP contribution is 2.39. The molecular formula is C30H20F4N8O2. The number of nitrogens with zero attached hydrogens (tertiary/aromatic N) is 6. The lowest BCUT2D eigenvalue weighted by Crippen LogP contribution is -2.32. The summed E-state index contributed by atoms with van der Waals surface area (Å²) in [6.07, 6.45) is -1.30. The predicted octanol–water partition coefficient (Wildman–Crippen LogP) is 5.85. The number of halogens is 4. The summed E-state index contributed by atoms with van der Waals surface area (Å²) < 4.78 is 61.3. The van der Waals surface area contributed by atoms with Crippen molar-refractivity contribution in [2.75, 3.05) is 10.6 Å². The summed E-state index contributed by atoms with van der Waals surface area (Å²) in [6, 6.07) is 15.0. The molecule has 10 nitrogen and oxygen atoms in total. The van der Waals surface area contributed by atoms with Gasteiger partial charge >= 0.3 is 12.2 Å². The van der Waals surface area contributed by atoms with Crippen LogP contribution in [0, 0.1) is 5.82 Å². The fraction of sp³-hybridized carbons (Fsp3) is 0.167. The Morgan fingerprint density at radius 1 is 0.886 bits per heavy atom. The van der Waals surface area contributed by atoms with E-state index in [1.807, 2.05) is 6.07 Å². The molecule has 2 N–H and O–H groups in total. The van der Waals surface area contributed by atoms with E-state index < -0.39 is 29.8 Å². The normalized spacial score (nSPS) is 16.5. The van der Waals surface area contributed by atoms with Gasteiger partial charge in [0, 0.05) is 35.0 Å². The van der Waals surface area contributed by atoms with Gasteiger partial charge in [-0.25, -0.2) is 24.3 Å². The van der Waals surface area contributed by atoms with E-state index in [1.165, 1.54) is 30.6 Å². The number of aliphatic imine (C=N–C) groups is 1. The van der Waals surface area contributed by atoms with Crippen molar-refractivity contribution in [3.63, 3.8) is 0 Å². The van der Waals surface area contributed by atoms with Gasteiger partial charge in [-0.2, -0.15) is 13.2 Å². The number of rotatable bonds is 6. The highest BCUT2D eigenvalue weighted by atomic mass is 19.4. The van der Waals surface area contributed by atoms with Crippen LogP contribution in [0.15, 0.2) is 82.5 Å². The number of hydrogen-bond donors (Lipinski definition) is 2. The SMILES string of the molecule is O=C1Nc2c(F)cccc2C(c2ccccc2)=N[C@@H]1Nc1nnc(-c2ccc(C(F)(F)F)nc2-c2cnc(C3CC3)nc2)o1. The maximum atomic E-state index is 14.8. The topological polar surface area (TPSA) is 131 Å². The van der Waals surface area contributed by atoms with Gasteiger partial charge in [0.2, 0.25) is 6.17 Å². The second-order valence-electron chi connectivity index (χ2n) is 10.1. The molecule has 0 saturated heterocycles. The third-order valence-electron chi connectivity index (χ3n) is 7.06. The van der Waals surface area contributed by atoms with Crippen LogP contribution in [-0.4, -0.2) is 42.9 Å². The second-order valence-corrected chi connectivity index (χ2v) is 10.1. The summed E-state index contributed by atoms with van der Waals surface area (Å²) in [7, 11) is 0. The monoisotopic (exact) mass is 600 g/mol. The predicted molar refractivity (Wildman–Crippen MR) is 150 cm³/mol. The van der Waals surface area contributed by atoms with Crippen LogP contribution in [0.3, 0.4) is 0 Å². The maximum Gasteiger partial charge on any atom is 0.433 e. The first-order valence-corrected chi connectivity index (χ1v) is 13.5. The van der Waals surface area contributed by atoms with Crippen LogP contribution >= 0.6 is 0 Å². The maximum absolute atomic E-state index is 14.8. The smallest absolute Gasteiger partial charge is 0.403 e. The summed E-state index contributed by atoms with van der Waals surface area (Å²) in [5.41, 5.74) is 0.383. The molecule has 220 valence electrons. The average Bonchev–Trinajstić information content (AvgIpc) is 3.80. The number of hydrogen-bond acceptors (Lipinski definition) is 9. The Balaban J connectivity index is 1.24. The molecule has 0 spiro atoms. The van der Waals surface area contributed by atoms with E-state index in [0.717, 1.165) is 18.9 Å². The van der Waals surface area contributed by atoms with Crippen molar-refractivity contribution in [2.24, 2.45) is 4.99 Å². The third kappa shape index (κ3) is 5.25. The van der Waals surface area contributed by atoms with Crippen LogP contribution in [0.5, 0.6) is 0 Å². The molecule has 0 bridgehead atoms. The van der Waals surface area contributed by atoms with Crippen molar-refractivity contribution in [3.8, 4) is 22.7 Å². The van der Waals surface area contributed by atoms with Crippen LogP contribution in [-0.2, 0) is 11.0 Å². The van der Waals surface area contributed by atoms with Gasteiger partial charge in [-0.3, -0.25) is 4.79 Å². The molecule has 1 atom stereocenters. The molecule has 2 aliphatic rings. The van der Waals surface area contributed by atoms with Gasteiger partial charge in [0.25, 0.3) is 11.8 Å². The number of nitrogens with one attached hydrogen (secondary N) is 2. The van der Waals surface area contributed by atoms with Gasteiger partial charge in [0.05, 0.1) is 22.7 Å². The van der Waals surface area contributed by atoms with E-state index in [9.17, 15) is 22.4 Å². The molecule has 3 aromatic heterocycles. The first-order chi connectivity index (χ1) is 21.2. The zero-order chi connectivity index (χ0) is 30.4. The Labute approximate surface area is 246 Å². The van der Waals surface area contributed by atoms with Crippen LogP contribution in [0.1, 0.15) is 41.4 Å². The summed E-state index contributed by atoms with van der Waals surface area (Å²) in [6.45, 7) is 0. The zero-order valence-corrected chi connectivity index (χ0v) is 22.5. The number of amides is 1. The highest BCUT2D eigenvalue weighted by Gasteiger charge is 2.34. The summed E-state index contributed by atoms with van der Waals surface area (Å²) in [5, 5.41) is 13.2. The molecule has 4 heterocycles. The van der Waals surface area contributed by atoms with E-state index in [-0.39, 0.29) is 40.3 Å². The second kappa shape index (κ2) is 10.6. The first-order valence-electron chi connectivity index (χ1n) is 13.5. The highest BCUT2D eigenvalue weighted by molar-refractivity contribution is 6.19. The van der Waals surface area contributed by atoms with Gasteiger partial charge in [0.15, 0.2) is 0 Å². The number of anilines is 2. The van der Waals surface area contributed by atoms with Crippen molar-refractivity contribution in [1.29, 1.82) is 0 Å². The Bertz CT molecular complexity index is 1900. The number of aromatic nitrogens is 5. The van der Waals surface area contributed by atoms with Gasteiger partial charge in [-0.1, -0.05) is 47.6 Å². The van der Waals surface area contributed by atoms with E-state index in [4.69, 9.17) is 4.42 Å². The number of carbonyl (C=O) groups is 1. The summed E-state index contributed by atoms with van der Waals surface area (Å²) in [5.74, 6) is -0.655. The van der Waals surface area contributed by atoms with Crippen LogP contribution in [0.4, 0.5) is 29.3 Å².